The number of benzene rings is 9. The fourth-order valence-corrected chi connectivity index (χ4v) is 9.20. The Bertz CT molecular complexity index is 2780. The third-order valence-corrected chi connectivity index (χ3v) is 11.6. The van der Waals surface area contributed by atoms with E-state index in [2.05, 4.69) is 239 Å². The van der Waals surface area contributed by atoms with Gasteiger partial charge in [-0.25, -0.2) is 0 Å². The highest BCUT2D eigenvalue weighted by molar-refractivity contribution is 7.27. The van der Waals surface area contributed by atoms with Crippen molar-refractivity contribution < 1.29 is 0 Å². The first-order chi connectivity index (χ1) is 27.8. The largest absolute Gasteiger partial charge is 0.310 e. The quantitative estimate of drug-likeness (QED) is 0.146. The van der Waals surface area contributed by atoms with Crippen LogP contribution in [-0.4, -0.2) is 0 Å². The highest BCUT2D eigenvalue weighted by Gasteiger charge is 2.25. The number of thiophene rings is 1. The van der Waals surface area contributed by atoms with E-state index < -0.39 is 0 Å². The van der Waals surface area contributed by atoms with Crippen LogP contribution in [0.5, 0.6) is 0 Å². The Morgan fingerprint density at radius 1 is 0.232 bits per heavy atom. The second-order valence-corrected chi connectivity index (χ2v) is 14.8. The van der Waals surface area contributed by atoms with Crippen molar-refractivity contribution in [2.75, 3.05) is 14.7 Å². The van der Waals surface area contributed by atoms with E-state index in [9.17, 15) is 0 Å². The fourth-order valence-electron chi connectivity index (χ4n) is 7.89. The molecule has 0 atom stereocenters. The topological polar surface area (TPSA) is 9.72 Å². The molecule has 10 rings (SSSR count). The molecule has 9 aromatic carbocycles. The van der Waals surface area contributed by atoms with Gasteiger partial charge in [0.2, 0.25) is 0 Å². The predicted octanol–water partition coefficient (Wildman–Crippen LogP) is 15.6. The molecule has 0 unspecified atom stereocenters. The summed E-state index contributed by atoms with van der Waals surface area (Å²) in [5, 5.41) is 4.87. The number of anilines is 9. The Morgan fingerprint density at radius 3 is 1.00 bits per heavy atom. The lowest BCUT2D eigenvalue weighted by molar-refractivity contribution is 1.26. The molecule has 0 aliphatic heterocycles. The van der Waals surface area contributed by atoms with E-state index in [0.717, 1.165) is 51.2 Å². The summed E-state index contributed by atoms with van der Waals surface area (Å²) >= 11 is 1.88. The molecular weight excluding hydrogens is 699 g/mol. The van der Waals surface area contributed by atoms with Gasteiger partial charge in [0, 0.05) is 66.1 Å². The van der Waals surface area contributed by atoms with Gasteiger partial charge in [0.25, 0.3) is 0 Å². The van der Waals surface area contributed by atoms with Crippen molar-refractivity contribution in [1.82, 2.24) is 0 Å². The van der Waals surface area contributed by atoms with E-state index in [1.165, 1.54) is 30.9 Å². The van der Waals surface area contributed by atoms with E-state index in [0.29, 0.717) is 0 Å². The first-order valence-electron chi connectivity index (χ1n) is 18.9. The summed E-state index contributed by atoms with van der Waals surface area (Å²) in [6, 6.07) is 80.4. The molecule has 0 aliphatic rings. The lowest BCUT2D eigenvalue weighted by Crippen LogP contribution is -2.13. The highest BCUT2D eigenvalue weighted by atomic mass is 32.1. The van der Waals surface area contributed by atoms with Crippen LogP contribution in [0.25, 0.3) is 30.9 Å². The fraction of sp³-hybridized carbons (Fsp3) is 0. The number of rotatable bonds is 9. The van der Waals surface area contributed by atoms with Crippen LogP contribution in [0.3, 0.4) is 0 Å². The molecule has 4 heteroatoms. The second kappa shape index (κ2) is 14.6. The van der Waals surface area contributed by atoms with Crippen LogP contribution in [0.2, 0.25) is 0 Å². The molecule has 0 saturated heterocycles. The first-order valence-corrected chi connectivity index (χ1v) is 19.8. The number of hydrogen-bond acceptors (Lipinski definition) is 4. The van der Waals surface area contributed by atoms with Gasteiger partial charge < -0.3 is 14.7 Å². The summed E-state index contributed by atoms with van der Waals surface area (Å²) in [7, 11) is 0. The minimum absolute atomic E-state index is 1.08. The molecule has 0 amide bonds. The number of nitrogens with zero attached hydrogens (tertiary/aromatic N) is 3. The van der Waals surface area contributed by atoms with Crippen LogP contribution < -0.4 is 14.7 Å². The summed E-state index contributed by atoms with van der Waals surface area (Å²) in [6.07, 6.45) is 0. The molecule has 3 nitrogen and oxygen atoms in total. The van der Waals surface area contributed by atoms with Crippen molar-refractivity contribution >= 4 is 93.5 Å². The van der Waals surface area contributed by atoms with Gasteiger partial charge in [-0.05, 0) is 91.0 Å². The molecule has 0 aliphatic carbocycles. The maximum Gasteiger partial charge on any atom is 0.0661 e. The van der Waals surface area contributed by atoms with Crippen LogP contribution in [0, 0.1) is 0 Å². The van der Waals surface area contributed by atoms with Crippen molar-refractivity contribution in [3.05, 3.63) is 224 Å². The monoisotopic (exact) mass is 735 g/mol. The number of hydrogen-bond donors (Lipinski definition) is 0. The molecule has 1 heterocycles. The van der Waals surface area contributed by atoms with Gasteiger partial charge >= 0.3 is 0 Å². The molecule has 0 radical (unpaired) electrons. The zero-order valence-electron chi connectivity index (χ0n) is 30.6. The van der Waals surface area contributed by atoms with Gasteiger partial charge in [0.1, 0.15) is 0 Å². The predicted molar refractivity (Wildman–Crippen MR) is 241 cm³/mol. The number of fused-ring (bicyclic) bond motifs is 5. The molecule has 10 aromatic rings. The van der Waals surface area contributed by atoms with Crippen molar-refractivity contribution in [1.29, 1.82) is 0 Å². The molecular formula is C52H37N3S. The molecule has 266 valence electrons. The smallest absolute Gasteiger partial charge is 0.0661 e. The van der Waals surface area contributed by atoms with Gasteiger partial charge in [0.15, 0.2) is 0 Å². The molecule has 0 bridgehead atoms. The van der Waals surface area contributed by atoms with Gasteiger partial charge in [-0.1, -0.05) is 133 Å². The Balaban J connectivity index is 1.34. The van der Waals surface area contributed by atoms with E-state index in [1.807, 2.05) is 11.3 Å². The Labute approximate surface area is 331 Å². The van der Waals surface area contributed by atoms with Crippen molar-refractivity contribution in [3.63, 3.8) is 0 Å². The molecule has 56 heavy (non-hydrogen) atoms. The van der Waals surface area contributed by atoms with Crippen LogP contribution >= 0.6 is 11.3 Å². The SMILES string of the molecule is c1ccc(N(c2ccccc2)c2cc(N(c3ccccc3)c3ccccc3)c3sc4c5ccccc5c(N(c5ccccc5)c5ccccc5)cc4c3c2)cc1. The molecule has 0 fully saturated rings. The van der Waals surface area contributed by atoms with Crippen molar-refractivity contribution in [2.45, 2.75) is 0 Å². The van der Waals surface area contributed by atoms with E-state index in [-0.39, 0.29) is 0 Å². The maximum atomic E-state index is 2.43. The standard InChI is InChI=1S/C52H37N3S/c1-7-21-38(22-8-1)53(39-23-9-2-10-24-39)44-35-47-48-37-49(54(40-25-11-3-12-26-40)41-27-13-4-14-28-41)45-33-19-20-34-46(45)51(48)56-52(47)50(36-44)55(42-29-15-5-16-30-42)43-31-17-6-18-32-43/h1-37H. The summed E-state index contributed by atoms with van der Waals surface area (Å²) in [6.45, 7) is 0. The third kappa shape index (κ3) is 6.03. The Morgan fingerprint density at radius 2 is 0.571 bits per heavy atom. The average Bonchev–Trinajstić information content (AvgIpc) is 3.65. The second-order valence-electron chi connectivity index (χ2n) is 13.8. The van der Waals surface area contributed by atoms with Crippen LogP contribution in [0.4, 0.5) is 51.2 Å². The molecule has 1 aromatic heterocycles. The molecule has 0 saturated carbocycles. The van der Waals surface area contributed by atoms with Crippen LogP contribution in [0.15, 0.2) is 224 Å². The minimum atomic E-state index is 1.08. The average molecular weight is 736 g/mol. The first kappa shape index (κ1) is 33.4. The summed E-state index contributed by atoms with van der Waals surface area (Å²) in [5.41, 5.74) is 9.98. The minimum Gasteiger partial charge on any atom is -0.310 e. The summed E-state index contributed by atoms with van der Waals surface area (Å²) < 4.78 is 2.50. The van der Waals surface area contributed by atoms with Crippen LogP contribution in [-0.2, 0) is 0 Å². The van der Waals surface area contributed by atoms with Gasteiger partial charge in [-0.2, -0.15) is 0 Å². The third-order valence-electron chi connectivity index (χ3n) is 10.3. The normalized spacial score (nSPS) is 11.2. The van der Waals surface area contributed by atoms with Gasteiger partial charge in [-0.3, -0.25) is 0 Å². The van der Waals surface area contributed by atoms with Crippen molar-refractivity contribution in [3.8, 4) is 0 Å². The van der Waals surface area contributed by atoms with Gasteiger partial charge in [0.05, 0.1) is 16.1 Å². The lowest BCUT2D eigenvalue weighted by Gasteiger charge is -2.30. The highest BCUT2D eigenvalue weighted by Crippen LogP contribution is 2.52. The van der Waals surface area contributed by atoms with Crippen molar-refractivity contribution in [2.24, 2.45) is 0 Å². The number of para-hydroxylation sites is 6. The Kier molecular flexibility index (Phi) is 8.71. The molecule has 0 N–H and O–H groups in total. The van der Waals surface area contributed by atoms with E-state index in [4.69, 9.17) is 0 Å². The lowest BCUT2D eigenvalue weighted by atomic mass is 10.0. The summed E-state index contributed by atoms with van der Waals surface area (Å²) in [4.78, 5) is 7.19. The van der Waals surface area contributed by atoms with E-state index in [1.54, 1.807) is 0 Å². The summed E-state index contributed by atoms with van der Waals surface area (Å²) in [5.74, 6) is 0. The Hall–Kier alpha value is -7.14. The van der Waals surface area contributed by atoms with Gasteiger partial charge in [-0.15, -0.1) is 11.3 Å². The van der Waals surface area contributed by atoms with Crippen LogP contribution in [0.1, 0.15) is 0 Å². The molecule has 0 spiro atoms. The van der Waals surface area contributed by atoms with E-state index >= 15 is 0 Å². The zero-order valence-corrected chi connectivity index (χ0v) is 31.4. The zero-order chi connectivity index (χ0) is 37.3. The maximum absolute atomic E-state index is 2.43.